The third-order valence-corrected chi connectivity index (χ3v) is 2.04. The molecule has 0 saturated carbocycles. The molecule has 0 aliphatic rings. The fourth-order valence-electron chi connectivity index (χ4n) is 1.29. The molecule has 0 radical (unpaired) electrons. The van der Waals surface area contributed by atoms with Gasteiger partial charge in [-0.05, 0) is 6.07 Å². The van der Waals surface area contributed by atoms with Gasteiger partial charge in [-0.3, -0.25) is 0 Å². The quantitative estimate of drug-likeness (QED) is 0.815. The number of nitrogens with zero attached hydrogens (tertiary/aromatic N) is 3. The molecule has 1 aromatic heterocycles. The van der Waals surface area contributed by atoms with Crippen molar-refractivity contribution in [2.24, 2.45) is 0 Å². The maximum atomic E-state index is 13.3. The van der Waals surface area contributed by atoms with Crippen LogP contribution < -0.4 is 0 Å². The summed E-state index contributed by atoms with van der Waals surface area (Å²) in [6, 6.07) is 6.50. The van der Waals surface area contributed by atoms with Crippen LogP contribution in [0.25, 0.3) is 0 Å². The molecule has 2 rings (SSSR count). The number of rotatable bonds is 3. The molecule has 2 aromatic rings. The maximum absolute atomic E-state index is 13.3. The Morgan fingerprint density at radius 3 is 2.80 bits per heavy atom. The van der Waals surface area contributed by atoms with Gasteiger partial charge in [0.1, 0.15) is 11.5 Å². The van der Waals surface area contributed by atoms with Crippen molar-refractivity contribution in [3.8, 4) is 0 Å². The van der Waals surface area contributed by atoms with Crippen molar-refractivity contribution >= 4 is 0 Å². The first-order chi connectivity index (χ1) is 7.29. The average molecular weight is 207 g/mol. The lowest BCUT2D eigenvalue weighted by Crippen LogP contribution is -2.02. The summed E-state index contributed by atoms with van der Waals surface area (Å²) in [6.07, 6.45) is 1.59. The number of hydrogen-bond acceptors (Lipinski definition) is 3. The second kappa shape index (κ2) is 4.18. The molecule has 0 atom stereocenters. The molecular formula is C10H10FN3O. The maximum Gasteiger partial charge on any atom is 0.128 e. The van der Waals surface area contributed by atoms with Crippen LogP contribution in [0.3, 0.4) is 0 Å². The predicted molar refractivity (Wildman–Crippen MR) is 51.4 cm³/mol. The first-order valence-corrected chi connectivity index (χ1v) is 4.53. The summed E-state index contributed by atoms with van der Waals surface area (Å²) in [5, 5.41) is 16.2. The summed E-state index contributed by atoms with van der Waals surface area (Å²) in [7, 11) is 0. The van der Waals surface area contributed by atoms with Gasteiger partial charge in [-0.25, -0.2) is 9.07 Å². The highest BCUT2D eigenvalue weighted by atomic mass is 19.1. The van der Waals surface area contributed by atoms with Crippen LogP contribution >= 0.6 is 0 Å². The van der Waals surface area contributed by atoms with Crippen molar-refractivity contribution in [2.45, 2.75) is 13.2 Å². The fourth-order valence-corrected chi connectivity index (χ4v) is 1.29. The topological polar surface area (TPSA) is 50.9 Å². The van der Waals surface area contributed by atoms with Gasteiger partial charge in [0.2, 0.25) is 0 Å². The number of halogens is 1. The third kappa shape index (κ3) is 2.19. The largest absolute Gasteiger partial charge is 0.390 e. The van der Waals surface area contributed by atoms with Gasteiger partial charge in [0.25, 0.3) is 0 Å². The highest BCUT2D eigenvalue weighted by Crippen LogP contribution is 2.07. The second-order valence-corrected chi connectivity index (χ2v) is 3.16. The van der Waals surface area contributed by atoms with E-state index in [1.807, 2.05) is 0 Å². The highest BCUT2D eigenvalue weighted by Gasteiger charge is 2.03. The zero-order valence-corrected chi connectivity index (χ0v) is 7.97. The number of aliphatic hydroxyl groups excluding tert-OH is 1. The Bertz CT molecular complexity index is 455. The van der Waals surface area contributed by atoms with Crippen LogP contribution in [0.15, 0.2) is 30.5 Å². The van der Waals surface area contributed by atoms with Gasteiger partial charge >= 0.3 is 0 Å². The molecule has 0 spiro atoms. The van der Waals surface area contributed by atoms with Crippen molar-refractivity contribution in [3.05, 3.63) is 47.5 Å². The van der Waals surface area contributed by atoms with E-state index >= 15 is 0 Å². The first-order valence-electron chi connectivity index (χ1n) is 4.53. The van der Waals surface area contributed by atoms with Gasteiger partial charge in [-0.2, -0.15) is 0 Å². The molecule has 5 heteroatoms. The van der Waals surface area contributed by atoms with E-state index in [2.05, 4.69) is 10.3 Å². The van der Waals surface area contributed by atoms with Crippen LogP contribution in [0.2, 0.25) is 0 Å². The minimum absolute atomic E-state index is 0.155. The Morgan fingerprint density at radius 1 is 1.33 bits per heavy atom. The van der Waals surface area contributed by atoms with E-state index in [9.17, 15) is 4.39 Å². The van der Waals surface area contributed by atoms with Crippen molar-refractivity contribution in [1.82, 2.24) is 15.0 Å². The van der Waals surface area contributed by atoms with E-state index in [-0.39, 0.29) is 12.4 Å². The predicted octanol–water partition coefficient (Wildman–Crippen LogP) is 0.958. The zero-order chi connectivity index (χ0) is 10.7. The van der Waals surface area contributed by atoms with Crippen molar-refractivity contribution in [2.75, 3.05) is 0 Å². The normalized spacial score (nSPS) is 10.5. The number of hydrogen-bond donors (Lipinski definition) is 1. The molecular weight excluding hydrogens is 197 g/mol. The van der Waals surface area contributed by atoms with E-state index in [0.717, 1.165) is 0 Å². The standard InChI is InChI=1S/C10H10FN3O/c11-10-4-2-1-3-8(10)5-14-6-9(7-15)12-13-14/h1-4,6,15H,5,7H2. The monoisotopic (exact) mass is 207 g/mol. The number of benzene rings is 1. The van der Waals surface area contributed by atoms with Crippen LogP contribution in [0.4, 0.5) is 4.39 Å². The Morgan fingerprint density at radius 2 is 2.13 bits per heavy atom. The summed E-state index contributed by atoms with van der Waals surface area (Å²) in [5.74, 6) is -0.265. The third-order valence-electron chi connectivity index (χ3n) is 2.04. The molecule has 0 unspecified atom stereocenters. The van der Waals surface area contributed by atoms with Gasteiger partial charge in [0.15, 0.2) is 0 Å². The lowest BCUT2D eigenvalue weighted by atomic mass is 10.2. The number of aromatic nitrogens is 3. The summed E-state index contributed by atoms with van der Waals surface area (Å²) in [5.41, 5.74) is 1.03. The fraction of sp³-hybridized carbons (Fsp3) is 0.200. The molecule has 1 N–H and O–H groups in total. The lowest BCUT2D eigenvalue weighted by Gasteiger charge is -2.01. The Labute approximate surface area is 86.0 Å². The summed E-state index contributed by atoms with van der Waals surface area (Å²) in [6.45, 7) is 0.164. The Hall–Kier alpha value is -1.75. The molecule has 0 aliphatic carbocycles. The highest BCUT2D eigenvalue weighted by molar-refractivity contribution is 5.17. The van der Waals surface area contributed by atoms with Crippen molar-refractivity contribution in [3.63, 3.8) is 0 Å². The molecule has 15 heavy (non-hydrogen) atoms. The smallest absolute Gasteiger partial charge is 0.128 e. The first kappa shape index (κ1) is 9.79. The summed E-state index contributed by atoms with van der Waals surface area (Å²) in [4.78, 5) is 0. The minimum atomic E-state index is -0.265. The molecule has 1 aromatic carbocycles. The van der Waals surface area contributed by atoms with Crippen LogP contribution in [-0.2, 0) is 13.2 Å². The van der Waals surface area contributed by atoms with E-state index in [1.165, 1.54) is 10.7 Å². The summed E-state index contributed by atoms with van der Waals surface area (Å²) < 4.78 is 14.7. The van der Waals surface area contributed by atoms with E-state index in [4.69, 9.17) is 5.11 Å². The van der Waals surface area contributed by atoms with Gasteiger partial charge in [-0.1, -0.05) is 23.4 Å². The number of aliphatic hydroxyl groups is 1. The molecule has 1 heterocycles. The molecule has 4 nitrogen and oxygen atoms in total. The zero-order valence-electron chi connectivity index (χ0n) is 7.97. The van der Waals surface area contributed by atoms with Gasteiger partial charge in [0, 0.05) is 5.56 Å². The Balaban J connectivity index is 2.18. The minimum Gasteiger partial charge on any atom is -0.390 e. The second-order valence-electron chi connectivity index (χ2n) is 3.16. The molecule has 0 fully saturated rings. The van der Waals surface area contributed by atoms with Crippen LogP contribution in [0.1, 0.15) is 11.3 Å². The van der Waals surface area contributed by atoms with E-state index in [1.54, 1.807) is 24.4 Å². The molecule has 0 bridgehead atoms. The van der Waals surface area contributed by atoms with Crippen LogP contribution in [0, 0.1) is 5.82 Å². The van der Waals surface area contributed by atoms with Gasteiger partial charge in [-0.15, -0.1) is 5.10 Å². The van der Waals surface area contributed by atoms with Gasteiger partial charge < -0.3 is 5.11 Å². The average Bonchev–Trinajstić information content (AvgIpc) is 2.69. The van der Waals surface area contributed by atoms with Crippen LogP contribution in [-0.4, -0.2) is 20.1 Å². The lowest BCUT2D eigenvalue weighted by molar-refractivity contribution is 0.276. The molecule has 0 saturated heterocycles. The van der Waals surface area contributed by atoms with Gasteiger partial charge in [0.05, 0.1) is 19.3 Å². The van der Waals surface area contributed by atoms with Crippen molar-refractivity contribution < 1.29 is 9.50 Å². The van der Waals surface area contributed by atoms with E-state index < -0.39 is 0 Å². The van der Waals surface area contributed by atoms with E-state index in [0.29, 0.717) is 17.8 Å². The van der Waals surface area contributed by atoms with Crippen LogP contribution in [0.5, 0.6) is 0 Å². The molecule has 0 aliphatic heterocycles. The Kier molecular flexibility index (Phi) is 2.73. The SMILES string of the molecule is OCc1cn(Cc2ccccc2F)nn1. The summed E-state index contributed by atoms with van der Waals surface area (Å²) >= 11 is 0. The molecule has 0 amide bonds. The molecule has 78 valence electrons. The van der Waals surface area contributed by atoms with Crippen molar-refractivity contribution in [1.29, 1.82) is 0 Å².